The Labute approximate surface area is 186 Å². The van der Waals surface area contributed by atoms with Crippen molar-refractivity contribution in [2.45, 2.75) is 108 Å². The molecule has 4 N–H and O–H groups in total. The minimum absolute atomic E-state index is 0.0633. The molecule has 0 aromatic carbocycles. The van der Waals surface area contributed by atoms with Crippen molar-refractivity contribution in [2.24, 2.45) is 10.9 Å². The van der Waals surface area contributed by atoms with E-state index >= 15 is 0 Å². The zero-order chi connectivity index (χ0) is 22.6. The molecule has 8 nitrogen and oxygen atoms in total. The fourth-order valence-corrected chi connectivity index (χ4v) is 5.04. The number of carboxylic acid groups (broad SMARTS) is 1. The van der Waals surface area contributed by atoms with Crippen molar-refractivity contribution in [2.75, 3.05) is 13.2 Å². The Hall–Kier alpha value is -1.35. The maximum Gasteiger partial charge on any atom is 0.171 e. The van der Waals surface area contributed by atoms with Crippen LogP contribution in [-0.4, -0.2) is 72.2 Å². The minimum atomic E-state index is -1.20. The number of unbranched alkanes of at least 4 members (excludes halogenated alkanes) is 4. The molecule has 1 saturated heterocycles. The Morgan fingerprint density at radius 2 is 2.00 bits per heavy atom. The van der Waals surface area contributed by atoms with E-state index in [1.165, 1.54) is 4.90 Å². The van der Waals surface area contributed by atoms with Crippen LogP contribution >= 0.6 is 0 Å². The molecule has 8 heteroatoms. The first-order chi connectivity index (χ1) is 14.9. The Bertz CT molecular complexity index is 565. The summed E-state index contributed by atoms with van der Waals surface area (Å²) in [4.78, 5) is 27.5. The highest BCUT2D eigenvalue weighted by atomic mass is 16.4. The van der Waals surface area contributed by atoms with Gasteiger partial charge < -0.3 is 35.1 Å². The van der Waals surface area contributed by atoms with Crippen LogP contribution in [-0.2, 0) is 9.59 Å². The number of aliphatic hydroxyl groups excluding tert-OH is 2. The van der Waals surface area contributed by atoms with E-state index in [1.54, 1.807) is 0 Å². The number of carboxylic acids is 1. The summed E-state index contributed by atoms with van der Waals surface area (Å²) < 4.78 is 0. The van der Waals surface area contributed by atoms with Crippen LogP contribution in [0.3, 0.4) is 0 Å². The van der Waals surface area contributed by atoms with E-state index in [0.717, 1.165) is 70.9 Å². The van der Waals surface area contributed by atoms with Gasteiger partial charge >= 0.3 is 0 Å². The predicted octanol–water partition coefficient (Wildman–Crippen LogP) is -0.780. The van der Waals surface area contributed by atoms with Gasteiger partial charge in [0.15, 0.2) is 6.67 Å². The summed E-state index contributed by atoms with van der Waals surface area (Å²) in [5.41, 5.74) is 0. The number of hydrogen-bond acceptors (Lipinski definition) is 7. The second-order valence-electron chi connectivity index (χ2n) is 9.44. The molecular formula is C23H41N3O5. The average molecular weight is 440 g/mol. The number of piperidine rings is 1. The first-order valence-electron chi connectivity index (χ1n) is 12.0. The Morgan fingerprint density at radius 3 is 2.65 bits per heavy atom. The van der Waals surface area contributed by atoms with Crippen LogP contribution in [0.1, 0.15) is 77.6 Å². The molecule has 0 aliphatic carbocycles. The van der Waals surface area contributed by atoms with Crippen molar-refractivity contribution in [3.05, 3.63) is 0 Å². The third kappa shape index (κ3) is 9.35. The lowest BCUT2D eigenvalue weighted by molar-refractivity contribution is -0.914. The predicted molar refractivity (Wildman–Crippen MR) is 117 cm³/mol. The molecule has 2 aliphatic rings. The largest absolute Gasteiger partial charge is 0.550 e. The van der Waals surface area contributed by atoms with Gasteiger partial charge in [-0.2, -0.15) is 0 Å². The number of aliphatic imine (C=N–C) groups is 1. The molecular weight excluding hydrogens is 398 g/mol. The Kier molecular flexibility index (Phi) is 11.6. The highest BCUT2D eigenvalue weighted by Gasteiger charge is 2.40. The third-order valence-corrected chi connectivity index (χ3v) is 6.91. The van der Waals surface area contributed by atoms with E-state index in [2.05, 4.69) is 10.3 Å². The van der Waals surface area contributed by atoms with Crippen LogP contribution in [0, 0.1) is 5.92 Å². The number of rotatable bonds is 15. The second kappa shape index (κ2) is 13.9. The minimum Gasteiger partial charge on any atom is -0.550 e. The molecule has 0 bridgehead atoms. The number of aliphatic carboxylic acids is 1. The van der Waals surface area contributed by atoms with Gasteiger partial charge in [0.25, 0.3) is 0 Å². The van der Waals surface area contributed by atoms with E-state index in [1.807, 2.05) is 13.1 Å². The number of nitrogens with zero attached hydrogens (tertiary/aromatic N) is 1. The van der Waals surface area contributed by atoms with Gasteiger partial charge in [-0.05, 0) is 32.1 Å². The van der Waals surface area contributed by atoms with Gasteiger partial charge in [0.1, 0.15) is 18.9 Å². The molecule has 0 aromatic rings. The summed E-state index contributed by atoms with van der Waals surface area (Å²) in [7, 11) is 0. The van der Waals surface area contributed by atoms with Crippen molar-refractivity contribution < 1.29 is 29.8 Å². The zero-order valence-electron chi connectivity index (χ0n) is 18.9. The summed E-state index contributed by atoms with van der Waals surface area (Å²) >= 11 is 0. The smallest absolute Gasteiger partial charge is 0.171 e. The molecule has 1 unspecified atom stereocenters. The second-order valence-corrected chi connectivity index (χ2v) is 9.44. The van der Waals surface area contributed by atoms with E-state index in [-0.39, 0.29) is 24.6 Å². The maximum absolute atomic E-state index is 11.3. The number of carbonyl (C=O) groups excluding carboxylic acids is 2. The van der Waals surface area contributed by atoms with E-state index < -0.39 is 12.1 Å². The number of quaternary nitrogens is 1. The number of hydrogen-bond donors (Lipinski definition) is 4. The SMILES string of the molecule is C[C@@H]1N[C@H](C[C@@H](CC=O)CCCCCCC[C@@H](O)CC(=O)[O-])[C@@H]([NH+]2CC=NC2)C[C@H]1O. The number of aliphatic hydroxyl groups is 2. The van der Waals surface area contributed by atoms with Crippen molar-refractivity contribution in [1.29, 1.82) is 0 Å². The van der Waals surface area contributed by atoms with Gasteiger partial charge in [-0.15, -0.1) is 0 Å². The van der Waals surface area contributed by atoms with Gasteiger partial charge in [-0.1, -0.05) is 32.1 Å². The molecule has 2 aliphatic heterocycles. The first-order valence-corrected chi connectivity index (χ1v) is 12.0. The van der Waals surface area contributed by atoms with Gasteiger partial charge in [0.2, 0.25) is 0 Å². The number of aldehydes is 1. The fourth-order valence-electron chi connectivity index (χ4n) is 5.04. The monoisotopic (exact) mass is 439 g/mol. The number of carbonyl (C=O) groups is 2. The lowest BCUT2D eigenvalue weighted by Gasteiger charge is -2.42. The van der Waals surface area contributed by atoms with Gasteiger partial charge in [0, 0.05) is 31.3 Å². The molecule has 0 saturated carbocycles. The normalized spacial score (nSPS) is 30.2. The van der Waals surface area contributed by atoms with Crippen molar-refractivity contribution in [3.63, 3.8) is 0 Å². The van der Waals surface area contributed by atoms with Crippen LogP contribution < -0.4 is 15.3 Å². The molecule has 2 rings (SSSR count). The van der Waals surface area contributed by atoms with Gasteiger partial charge in [0.05, 0.1) is 24.5 Å². The Morgan fingerprint density at radius 1 is 1.29 bits per heavy atom. The highest BCUT2D eigenvalue weighted by Crippen LogP contribution is 2.24. The third-order valence-electron chi connectivity index (χ3n) is 6.91. The van der Waals surface area contributed by atoms with E-state index in [9.17, 15) is 24.9 Å². The summed E-state index contributed by atoms with van der Waals surface area (Å²) in [5.74, 6) is -0.862. The standard InChI is InChI=1S/C23H41N3O5/c1-17-22(29)15-21(26-11-10-24-16-26)20(25-17)13-18(9-12-27)7-5-3-2-4-6-8-19(28)14-23(30)31/h10,12,17-22,25,28-29H,2-9,11,13-16H2,1H3,(H,30,31)/t17-,18+,19+,20+,21-,22+/m0/s1. The lowest BCUT2D eigenvalue weighted by atomic mass is 9.83. The Balaban J connectivity index is 1.71. The molecule has 7 atom stereocenters. The van der Waals surface area contributed by atoms with Crippen LogP contribution in [0.15, 0.2) is 4.99 Å². The lowest BCUT2D eigenvalue weighted by Crippen LogP contribution is -3.16. The van der Waals surface area contributed by atoms with Crippen LogP contribution in [0.2, 0.25) is 0 Å². The van der Waals surface area contributed by atoms with Gasteiger partial charge in [-0.25, -0.2) is 4.99 Å². The molecule has 0 aromatic heterocycles. The van der Waals surface area contributed by atoms with Crippen LogP contribution in [0.25, 0.3) is 0 Å². The first kappa shape index (κ1) is 25.9. The summed E-state index contributed by atoms with van der Waals surface area (Å²) in [5, 5.41) is 34.0. The molecule has 2 heterocycles. The molecule has 0 amide bonds. The van der Waals surface area contributed by atoms with Crippen LogP contribution in [0.5, 0.6) is 0 Å². The molecule has 178 valence electrons. The summed E-state index contributed by atoms with van der Waals surface area (Å²) in [6.07, 6.45) is 10.4. The average Bonchev–Trinajstić information content (AvgIpc) is 3.24. The van der Waals surface area contributed by atoms with Gasteiger partial charge in [-0.3, -0.25) is 0 Å². The summed E-state index contributed by atoms with van der Waals surface area (Å²) in [6.45, 7) is 3.70. The van der Waals surface area contributed by atoms with Crippen molar-refractivity contribution in [1.82, 2.24) is 5.32 Å². The molecule has 1 fully saturated rings. The highest BCUT2D eigenvalue weighted by molar-refractivity contribution is 5.64. The fraction of sp³-hybridized carbons (Fsp3) is 0.870. The quantitative estimate of drug-likeness (QED) is 0.196. The molecule has 0 radical (unpaired) electrons. The van der Waals surface area contributed by atoms with Crippen molar-refractivity contribution >= 4 is 18.5 Å². The van der Waals surface area contributed by atoms with Crippen molar-refractivity contribution in [3.8, 4) is 0 Å². The van der Waals surface area contributed by atoms with E-state index in [4.69, 9.17) is 0 Å². The number of nitrogens with one attached hydrogen (secondary N) is 2. The topological polar surface area (TPSA) is 126 Å². The zero-order valence-corrected chi connectivity index (χ0v) is 18.9. The molecule has 0 spiro atoms. The maximum atomic E-state index is 11.3. The van der Waals surface area contributed by atoms with E-state index in [0.29, 0.717) is 24.8 Å². The van der Waals surface area contributed by atoms with Crippen LogP contribution in [0.4, 0.5) is 0 Å². The summed E-state index contributed by atoms with van der Waals surface area (Å²) in [6, 6.07) is 0.661. The molecule has 31 heavy (non-hydrogen) atoms.